The number of ether oxygens (including phenoxy) is 1. The van der Waals surface area contributed by atoms with E-state index in [1.165, 1.54) is 0 Å². The second-order valence-electron chi connectivity index (χ2n) is 6.94. The predicted octanol–water partition coefficient (Wildman–Crippen LogP) is 0.878. The molecule has 3 fully saturated rings. The molecule has 0 spiro atoms. The third-order valence-electron chi connectivity index (χ3n) is 5.22. The van der Waals surface area contributed by atoms with Crippen molar-refractivity contribution in [2.45, 2.75) is 32.3 Å². The fraction of sp³-hybridized carbons (Fsp3) is 0.933. The smallest absolute Gasteiger partial charge is 0.317 e. The molecule has 2 aliphatic heterocycles. The van der Waals surface area contributed by atoms with Crippen LogP contribution in [-0.2, 0) is 14.6 Å². The van der Waals surface area contributed by atoms with Crippen LogP contribution in [0.25, 0.3) is 0 Å². The largest absolute Gasteiger partial charge is 0.378 e. The molecule has 3 rings (SSSR count). The van der Waals surface area contributed by atoms with Crippen LogP contribution in [0.15, 0.2) is 0 Å². The predicted molar refractivity (Wildman–Crippen MR) is 83.4 cm³/mol. The van der Waals surface area contributed by atoms with Gasteiger partial charge in [-0.2, -0.15) is 0 Å². The van der Waals surface area contributed by atoms with Crippen molar-refractivity contribution in [1.82, 2.24) is 10.2 Å². The first-order chi connectivity index (χ1) is 10.5. The molecule has 2 saturated heterocycles. The molecule has 22 heavy (non-hydrogen) atoms. The van der Waals surface area contributed by atoms with Gasteiger partial charge in [-0.1, -0.05) is 0 Å². The third-order valence-corrected chi connectivity index (χ3v) is 7.10. The monoisotopic (exact) mass is 330 g/mol. The Kier molecular flexibility index (Phi) is 4.64. The van der Waals surface area contributed by atoms with E-state index >= 15 is 0 Å². The van der Waals surface area contributed by atoms with E-state index in [-0.39, 0.29) is 29.4 Å². The topological polar surface area (TPSA) is 75.7 Å². The van der Waals surface area contributed by atoms with Crippen LogP contribution in [0.4, 0.5) is 4.79 Å². The molecule has 3 aliphatic rings. The number of carbonyl (C=O) groups excluding carboxylic acids is 1. The number of amides is 2. The zero-order chi connectivity index (χ0) is 15.7. The van der Waals surface area contributed by atoms with Gasteiger partial charge in [0.2, 0.25) is 0 Å². The summed E-state index contributed by atoms with van der Waals surface area (Å²) in [5.74, 6) is 1.47. The quantitative estimate of drug-likeness (QED) is 0.812. The first kappa shape index (κ1) is 16.1. The summed E-state index contributed by atoms with van der Waals surface area (Å²) in [5.41, 5.74) is 0. The number of nitrogens with one attached hydrogen (secondary N) is 1. The molecule has 0 aromatic heterocycles. The number of sulfone groups is 1. The number of nitrogens with zero attached hydrogens (tertiary/aromatic N) is 1. The minimum absolute atomic E-state index is 0.0347. The highest BCUT2D eigenvalue weighted by molar-refractivity contribution is 7.91. The van der Waals surface area contributed by atoms with Crippen molar-refractivity contribution in [2.75, 3.05) is 37.7 Å². The Bertz CT molecular complexity index is 496. The van der Waals surface area contributed by atoms with Gasteiger partial charge in [0.05, 0.1) is 17.6 Å². The number of hydrogen-bond donors (Lipinski definition) is 1. The summed E-state index contributed by atoms with van der Waals surface area (Å²) < 4.78 is 28.6. The zero-order valence-corrected chi connectivity index (χ0v) is 14.0. The van der Waals surface area contributed by atoms with E-state index in [9.17, 15) is 13.2 Å². The highest BCUT2D eigenvalue weighted by Gasteiger charge is 2.44. The number of likely N-dealkylation sites (tertiary alicyclic amines) is 1. The number of hydrogen-bond acceptors (Lipinski definition) is 4. The number of fused-ring (bicyclic) bond motifs is 1. The second-order valence-corrected chi connectivity index (χ2v) is 9.09. The minimum atomic E-state index is -2.86. The molecule has 1 saturated carbocycles. The van der Waals surface area contributed by atoms with Gasteiger partial charge in [0, 0.05) is 26.2 Å². The highest BCUT2D eigenvalue weighted by Crippen LogP contribution is 2.33. The van der Waals surface area contributed by atoms with E-state index < -0.39 is 9.84 Å². The lowest BCUT2D eigenvalue weighted by Crippen LogP contribution is -2.41. The van der Waals surface area contributed by atoms with E-state index in [2.05, 4.69) is 5.32 Å². The maximum Gasteiger partial charge on any atom is 0.317 e. The van der Waals surface area contributed by atoms with Gasteiger partial charge in [-0.05, 0) is 43.9 Å². The van der Waals surface area contributed by atoms with Crippen molar-refractivity contribution in [3.8, 4) is 0 Å². The summed E-state index contributed by atoms with van der Waals surface area (Å²) in [6.45, 7) is 4.68. The van der Waals surface area contributed by atoms with E-state index in [1.807, 2.05) is 6.92 Å². The molecule has 0 unspecified atom stereocenters. The van der Waals surface area contributed by atoms with Crippen molar-refractivity contribution in [1.29, 1.82) is 0 Å². The van der Waals surface area contributed by atoms with E-state index in [0.717, 1.165) is 25.9 Å². The van der Waals surface area contributed by atoms with E-state index in [4.69, 9.17) is 4.74 Å². The lowest BCUT2D eigenvalue weighted by Gasteiger charge is -2.35. The van der Waals surface area contributed by atoms with E-state index in [1.54, 1.807) is 4.90 Å². The fourth-order valence-corrected chi connectivity index (χ4v) is 6.18. The van der Waals surface area contributed by atoms with Crippen molar-refractivity contribution >= 4 is 15.9 Å². The summed E-state index contributed by atoms with van der Waals surface area (Å²) >= 11 is 0. The van der Waals surface area contributed by atoms with Crippen LogP contribution in [0.1, 0.15) is 26.2 Å². The Labute approximate surface area is 132 Å². The fourth-order valence-electron chi connectivity index (χ4n) is 3.98. The first-order valence-corrected chi connectivity index (χ1v) is 10.1. The summed E-state index contributed by atoms with van der Waals surface area (Å²) in [4.78, 5) is 13.9. The Hall–Kier alpha value is -0.820. The summed E-state index contributed by atoms with van der Waals surface area (Å²) in [7, 11) is -2.86. The van der Waals surface area contributed by atoms with Crippen molar-refractivity contribution in [3.05, 3.63) is 0 Å². The molecule has 2 atom stereocenters. The maximum absolute atomic E-state index is 12.1. The van der Waals surface area contributed by atoms with Crippen molar-refractivity contribution in [2.24, 2.45) is 17.8 Å². The van der Waals surface area contributed by atoms with Crippen LogP contribution in [0, 0.1) is 17.8 Å². The molecule has 7 heteroatoms. The van der Waals surface area contributed by atoms with Crippen molar-refractivity contribution in [3.63, 3.8) is 0 Å². The number of carbonyl (C=O) groups is 1. The Balaban J connectivity index is 1.33. The molecular weight excluding hydrogens is 304 g/mol. The molecule has 0 aromatic carbocycles. The van der Waals surface area contributed by atoms with Gasteiger partial charge < -0.3 is 15.0 Å². The van der Waals surface area contributed by atoms with Crippen LogP contribution < -0.4 is 5.32 Å². The van der Waals surface area contributed by atoms with Crippen LogP contribution in [0.2, 0.25) is 0 Å². The Morgan fingerprint density at radius 3 is 2.45 bits per heavy atom. The lowest BCUT2D eigenvalue weighted by atomic mass is 9.80. The number of rotatable bonds is 5. The molecule has 2 heterocycles. The Morgan fingerprint density at radius 1 is 1.23 bits per heavy atom. The standard InChI is InChI=1S/C15H26N2O4S/c1-2-21-14-5-11(6-14)3-4-16-15(18)17-7-12-9-22(19,20)10-13(12)8-17/h11-14H,2-10H2,1H3,(H,16,18)/t11?,12-,13+,14?. The number of urea groups is 1. The van der Waals surface area contributed by atoms with Crippen LogP contribution in [0.3, 0.4) is 0 Å². The molecule has 6 nitrogen and oxygen atoms in total. The molecule has 1 aliphatic carbocycles. The van der Waals surface area contributed by atoms with Gasteiger partial charge in [0.1, 0.15) is 0 Å². The molecule has 0 bridgehead atoms. The molecule has 1 N–H and O–H groups in total. The highest BCUT2D eigenvalue weighted by atomic mass is 32.2. The molecular formula is C15H26N2O4S. The minimum Gasteiger partial charge on any atom is -0.378 e. The summed E-state index contributed by atoms with van der Waals surface area (Å²) in [6.07, 6.45) is 3.64. The third kappa shape index (κ3) is 3.56. The van der Waals surface area contributed by atoms with Gasteiger partial charge in [-0.25, -0.2) is 13.2 Å². The molecule has 0 aromatic rings. The van der Waals surface area contributed by atoms with E-state index in [0.29, 0.717) is 31.7 Å². The van der Waals surface area contributed by atoms with Gasteiger partial charge in [-0.15, -0.1) is 0 Å². The normalized spacial score (nSPS) is 36.0. The zero-order valence-electron chi connectivity index (χ0n) is 13.2. The van der Waals surface area contributed by atoms with Gasteiger partial charge in [-0.3, -0.25) is 0 Å². The molecule has 0 radical (unpaired) electrons. The van der Waals surface area contributed by atoms with Gasteiger partial charge in [0.25, 0.3) is 0 Å². The molecule has 2 amide bonds. The Morgan fingerprint density at radius 2 is 1.86 bits per heavy atom. The lowest BCUT2D eigenvalue weighted by molar-refractivity contribution is -0.0261. The van der Waals surface area contributed by atoms with Gasteiger partial charge >= 0.3 is 6.03 Å². The average Bonchev–Trinajstić information content (AvgIpc) is 2.88. The van der Waals surface area contributed by atoms with Gasteiger partial charge in [0.15, 0.2) is 9.84 Å². The SMILES string of the molecule is CCOC1CC(CCNC(=O)N2C[C@@H]3CS(=O)(=O)C[C@@H]3C2)C1. The average molecular weight is 330 g/mol. The van der Waals surface area contributed by atoms with Crippen LogP contribution in [0.5, 0.6) is 0 Å². The summed E-state index contributed by atoms with van der Waals surface area (Å²) in [5, 5.41) is 2.98. The second kappa shape index (κ2) is 6.35. The summed E-state index contributed by atoms with van der Waals surface area (Å²) in [6, 6.07) is -0.0347. The maximum atomic E-state index is 12.1. The van der Waals surface area contributed by atoms with Crippen molar-refractivity contribution < 1.29 is 17.9 Å². The van der Waals surface area contributed by atoms with Crippen LogP contribution >= 0.6 is 0 Å². The first-order valence-electron chi connectivity index (χ1n) is 8.31. The van der Waals surface area contributed by atoms with Crippen LogP contribution in [-0.4, -0.2) is 63.2 Å². The molecule has 126 valence electrons.